The van der Waals surface area contributed by atoms with E-state index in [4.69, 9.17) is 18.9 Å². The predicted molar refractivity (Wildman–Crippen MR) is 337 cm³/mol. The summed E-state index contributed by atoms with van der Waals surface area (Å²) in [6.45, 7) is 2.64. The molecule has 0 aliphatic carbocycles. The van der Waals surface area contributed by atoms with Gasteiger partial charge in [0.1, 0.15) is 48.8 Å². The van der Waals surface area contributed by atoms with Crippen LogP contribution in [0.3, 0.4) is 0 Å². The van der Waals surface area contributed by atoms with E-state index in [1.807, 2.05) is 6.08 Å². The Morgan fingerprint density at radius 3 is 1.28 bits per heavy atom. The Balaban J connectivity index is 1.48. The molecule has 14 heteroatoms. The zero-order valence-electron chi connectivity index (χ0n) is 52.4. The van der Waals surface area contributed by atoms with Gasteiger partial charge in [-0.25, -0.2) is 0 Å². The van der Waals surface area contributed by atoms with E-state index in [1.54, 1.807) is 6.08 Å². The van der Waals surface area contributed by atoms with Gasteiger partial charge >= 0.3 is 0 Å². The van der Waals surface area contributed by atoms with E-state index in [1.165, 1.54) is 180 Å². The second-order valence-electron chi connectivity index (χ2n) is 23.9. The van der Waals surface area contributed by atoms with Gasteiger partial charge < -0.3 is 65.1 Å². The Morgan fingerprint density at radius 2 is 0.831 bits per heavy atom. The summed E-state index contributed by atoms with van der Waals surface area (Å²) in [5.74, 6) is -0.239. The van der Waals surface area contributed by atoms with Crippen molar-refractivity contribution in [2.75, 3.05) is 19.8 Å². The van der Waals surface area contributed by atoms with Crippen LogP contribution in [0, 0.1) is 0 Å². The first-order valence-corrected chi connectivity index (χ1v) is 34.0. The van der Waals surface area contributed by atoms with Gasteiger partial charge in [-0.1, -0.05) is 274 Å². The maximum Gasteiger partial charge on any atom is 0.220 e. The van der Waals surface area contributed by atoms with Gasteiger partial charge in [0.05, 0.1) is 32.0 Å². The van der Waals surface area contributed by atoms with Gasteiger partial charge in [-0.2, -0.15) is 0 Å². The number of rotatable bonds is 55. The second-order valence-corrected chi connectivity index (χ2v) is 23.9. The number of unbranched alkanes of at least 4 members (excludes halogenated alkanes) is 34. The molecule has 83 heavy (non-hydrogen) atoms. The molecule has 2 heterocycles. The summed E-state index contributed by atoms with van der Waals surface area (Å²) in [5.41, 5.74) is 0. The van der Waals surface area contributed by atoms with Crippen molar-refractivity contribution in [3.63, 3.8) is 0 Å². The van der Waals surface area contributed by atoms with Crippen molar-refractivity contribution in [2.24, 2.45) is 0 Å². The molecule has 2 fully saturated rings. The van der Waals surface area contributed by atoms with E-state index in [0.29, 0.717) is 6.42 Å². The monoisotopic (exact) mass is 1180 g/mol. The molecule has 0 bridgehead atoms. The Hall–Kier alpha value is -2.31. The molecule has 0 saturated carbocycles. The molecule has 0 spiro atoms. The summed E-state index contributed by atoms with van der Waals surface area (Å²) in [7, 11) is 0. The van der Waals surface area contributed by atoms with Gasteiger partial charge in [0.2, 0.25) is 5.91 Å². The third kappa shape index (κ3) is 38.6. The van der Waals surface area contributed by atoms with Crippen LogP contribution >= 0.6 is 0 Å². The fourth-order valence-electron chi connectivity index (χ4n) is 11.0. The van der Waals surface area contributed by atoms with Crippen LogP contribution in [0.1, 0.15) is 277 Å². The first kappa shape index (κ1) is 76.8. The Kier molecular flexibility index (Phi) is 49.9. The smallest absolute Gasteiger partial charge is 0.220 e. The Labute approximate surface area is 505 Å². The van der Waals surface area contributed by atoms with Crippen LogP contribution in [0.2, 0.25) is 0 Å². The van der Waals surface area contributed by atoms with E-state index in [-0.39, 0.29) is 18.9 Å². The fraction of sp³-hybridized carbons (Fsp3) is 0.841. The van der Waals surface area contributed by atoms with Crippen LogP contribution in [0.5, 0.6) is 0 Å². The van der Waals surface area contributed by atoms with Crippen LogP contribution in [-0.2, 0) is 23.7 Å². The lowest BCUT2D eigenvalue weighted by molar-refractivity contribution is -0.359. The van der Waals surface area contributed by atoms with E-state index in [9.17, 15) is 45.6 Å². The van der Waals surface area contributed by atoms with Gasteiger partial charge in [-0.15, -0.1) is 0 Å². The van der Waals surface area contributed by atoms with Crippen LogP contribution < -0.4 is 5.32 Å². The highest BCUT2D eigenvalue weighted by Crippen LogP contribution is 2.30. The predicted octanol–water partition coefficient (Wildman–Crippen LogP) is 13.3. The SMILES string of the molecule is CC/C=C\C/C=C\C/C=C\C/C=C\CCCCCCCCCCCCCCCCCCCCCCCCCCCCCCC(=O)NC(COC1OC(CO)C(OC2OC(CO)C(O)C(O)C2O)C(O)C1O)C(O)/C=C/CCCCCCCC. The summed E-state index contributed by atoms with van der Waals surface area (Å²) in [4.78, 5) is 13.2. The molecule has 12 unspecified atom stereocenters. The minimum atomic E-state index is -1.79. The molecule has 0 aromatic heterocycles. The fourth-order valence-corrected chi connectivity index (χ4v) is 11.0. The van der Waals surface area contributed by atoms with Gasteiger partial charge in [-0.3, -0.25) is 4.79 Å². The summed E-state index contributed by atoms with van der Waals surface area (Å²) >= 11 is 0. The molecule has 0 aromatic rings. The standard InChI is InChI=1S/C69H125NO13/c1-3-5-7-9-11-13-14-15-16-17-18-19-20-21-22-23-24-25-26-27-28-29-30-31-32-33-34-35-36-37-38-39-40-41-42-43-44-45-47-49-51-53-61(74)70-57(58(73)52-50-48-46-12-10-8-6-4-2)56-80-68-66(79)64(77)67(60(55-72)82-68)83-69-65(78)63(76)62(75)59(54-71)81-69/h5,7,11,13,15-16,18-19,50,52,57-60,62-69,71-73,75-79H,3-4,6,8-10,12,14,17,20-49,51,53-56H2,1-2H3,(H,70,74)/b7-5-,13-11-,16-15-,19-18-,52-50+. The molecule has 1 amide bonds. The molecular formula is C69H125NO13. The minimum Gasteiger partial charge on any atom is -0.394 e. The van der Waals surface area contributed by atoms with E-state index in [2.05, 4.69) is 67.8 Å². The lowest BCUT2D eigenvalue weighted by Crippen LogP contribution is -2.65. The van der Waals surface area contributed by atoms with Crippen molar-refractivity contribution < 1.29 is 64.6 Å². The molecule has 2 aliphatic heterocycles. The first-order chi connectivity index (χ1) is 40.6. The maximum absolute atomic E-state index is 13.2. The first-order valence-electron chi connectivity index (χ1n) is 34.0. The molecule has 0 aromatic carbocycles. The van der Waals surface area contributed by atoms with Crippen LogP contribution in [0.4, 0.5) is 0 Å². The zero-order valence-corrected chi connectivity index (χ0v) is 52.4. The number of ether oxygens (including phenoxy) is 4. The molecular weight excluding hydrogens is 1050 g/mol. The summed E-state index contributed by atoms with van der Waals surface area (Å²) in [6, 6.07) is -0.911. The van der Waals surface area contributed by atoms with Gasteiger partial charge in [0.25, 0.3) is 0 Å². The Bertz CT molecular complexity index is 1620. The number of aliphatic hydroxyl groups is 8. The lowest BCUT2D eigenvalue weighted by atomic mass is 9.97. The van der Waals surface area contributed by atoms with E-state index in [0.717, 1.165) is 70.6 Å². The molecule has 2 aliphatic rings. The number of aliphatic hydroxyl groups excluding tert-OH is 8. The summed E-state index contributed by atoms with van der Waals surface area (Å²) in [5, 5.41) is 86.8. The van der Waals surface area contributed by atoms with Crippen LogP contribution in [0.15, 0.2) is 60.8 Å². The zero-order chi connectivity index (χ0) is 60.2. The average Bonchev–Trinajstić information content (AvgIpc) is 3.45. The number of carbonyl (C=O) groups excluding carboxylic acids is 1. The lowest BCUT2D eigenvalue weighted by Gasteiger charge is -2.46. The number of hydrogen-bond donors (Lipinski definition) is 9. The number of carbonyl (C=O) groups is 1. The van der Waals surface area contributed by atoms with Gasteiger partial charge in [-0.05, 0) is 57.8 Å². The van der Waals surface area contributed by atoms with Crippen molar-refractivity contribution >= 4 is 5.91 Å². The van der Waals surface area contributed by atoms with Crippen molar-refractivity contribution in [2.45, 2.75) is 351 Å². The topological polar surface area (TPSA) is 228 Å². The second kappa shape index (κ2) is 53.9. The molecule has 0 radical (unpaired) electrons. The van der Waals surface area contributed by atoms with Crippen molar-refractivity contribution in [1.29, 1.82) is 0 Å². The van der Waals surface area contributed by atoms with Gasteiger partial charge in [0, 0.05) is 6.42 Å². The van der Waals surface area contributed by atoms with Crippen molar-refractivity contribution in [3.05, 3.63) is 60.8 Å². The van der Waals surface area contributed by atoms with Crippen molar-refractivity contribution in [1.82, 2.24) is 5.32 Å². The van der Waals surface area contributed by atoms with E-state index < -0.39 is 86.8 Å². The molecule has 12 atom stereocenters. The molecule has 2 saturated heterocycles. The molecule has 9 N–H and O–H groups in total. The largest absolute Gasteiger partial charge is 0.394 e. The Morgan fingerprint density at radius 1 is 0.446 bits per heavy atom. The highest BCUT2D eigenvalue weighted by Gasteiger charge is 2.51. The highest BCUT2D eigenvalue weighted by molar-refractivity contribution is 5.76. The number of allylic oxidation sites excluding steroid dienone is 9. The molecule has 14 nitrogen and oxygen atoms in total. The number of nitrogens with one attached hydrogen (secondary N) is 1. The third-order valence-electron chi connectivity index (χ3n) is 16.5. The van der Waals surface area contributed by atoms with Gasteiger partial charge in [0.15, 0.2) is 12.6 Å². The van der Waals surface area contributed by atoms with Crippen LogP contribution in [0.25, 0.3) is 0 Å². The summed E-state index contributed by atoms with van der Waals surface area (Å²) < 4.78 is 22.7. The summed E-state index contributed by atoms with van der Waals surface area (Å²) in [6.07, 6.45) is 54.9. The molecule has 484 valence electrons. The maximum atomic E-state index is 13.2. The van der Waals surface area contributed by atoms with Crippen molar-refractivity contribution in [3.8, 4) is 0 Å². The van der Waals surface area contributed by atoms with E-state index >= 15 is 0 Å². The third-order valence-corrected chi connectivity index (χ3v) is 16.5. The number of amides is 1. The van der Waals surface area contributed by atoms with Crippen LogP contribution in [-0.4, -0.2) is 140 Å². The highest BCUT2D eigenvalue weighted by atomic mass is 16.7. The minimum absolute atomic E-state index is 0.239. The quantitative estimate of drug-likeness (QED) is 0.0204. The molecule has 2 rings (SSSR count). The normalized spacial score (nSPS) is 24.2. The number of hydrogen-bond acceptors (Lipinski definition) is 13. The average molecular weight is 1180 g/mol.